The maximum absolute atomic E-state index is 14.1. The number of hydrogen-bond donors (Lipinski definition) is 4. The molecule has 0 aromatic carbocycles. The van der Waals surface area contributed by atoms with Gasteiger partial charge in [-0.3, -0.25) is 19.2 Å². The molecule has 5 N–H and O–H groups in total. The van der Waals surface area contributed by atoms with Crippen molar-refractivity contribution in [2.24, 2.45) is 28.9 Å². The van der Waals surface area contributed by atoms with Crippen LogP contribution in [0.1, 0.15) is 80.6 Å². The lowest BCUT2D eigenvalue weighted by Crippen LogP contribution is -2.62. The van der Waals surface area contributed by atoms with Gasteiger partial charge in [0.15, 0.2) is 0 Å². The second-order valence-corrected chi connectivity index (χ2v) is 13.7. The maximum atomic E-state index is 14.1. The van der Waals surface area contributed by atoms with Crippen LogP contribution in [0.4, 0.5) is 4.79 Å². The van der Waals surface area contributed by atoms with Gasteiger partial charge in [-0.1, -0.05) is 69.5 Å². The summed E-state index contributed by atoms with van der Waals surface area (Å²) in [7, 11) is 0. The van der Waals surface area contributed by atoms with Crippen LogP contribution in [0.2, 0.25) is 0 Å². The van der Waals surface area contributed by atoms with E-state index in [9.17, 15) is 24.0 Å². The average Bonchev–Trinajstić information content (AvgIpc) is 3.22. The molecule has 0 radical (unpaired) electrons. The van der Waals surface area contributed by atoms with Crippen molar-refractivity contribution in [2.75, 3.05) is 11.0 Å². The van der Waals surface area contributed by atoms with E-state index in [4.69, 9.17) is 5.73 Å². The van der Waals surface area contributed by atoms with Crippen LogP contribution in [0.15, 0.2) is 0 Å². The Balaban J connectivity index is 2.33. The molecule has 1 saturated carbocycles. The van der Waals surface area contributed by atoms with Gasteiger partial charge in [-0.2, -0.15) is 0 Å². The molecule has 5 amide bonds. The number of primary amides is 1. The monoisotopic (exact) mass is 647 g/mol. The van der Waals surface area contributed by atoms with Gasteiger partial charge in [0.2, 0.25) is 17.6 Å². The minimum Gasteiger partial charge on any atom is -0.363 e. The van der Waals surface area contributed by atoms with Crippen LogP contribution >= 0.6 is 22.6 Å². The minimum absolute atomic E-state index is 0.0680. The van der Waals surface area contributed by atoms with Crippen molar-refractivity contribution >= 4 is 52.1 Å². The molecular weight excluding hydrogens is 601 g/mol. The van der Waals surface area contributed by atoms with Crippen LogP contribution in [-0.2, 0) is 19.2 Å². The van der Waals surface area contributed by atoms with Crippen molar-refractivity contribution < 1.29 is 24.0 Å². The lowest BCUT2D eigenvalue weighted by Gasteiger charge is -2.37. The van der Waals surface area contributed by atoms with E-state index in [0.717, 1.165) is 19.3 Å². The Bertz CT molecular complexity index is 912. The van der Waals surface area contributed by atoms with E-state index in [1.165, 1.54) is 0 Å². The molecule has 0 aromatic rings. The molecule has 11 heteroatoms. The topological polar surface area (TPSA) is 151 Å². The van der Waals surface area contributed by atoms with E-state index in [2.05, 4.69) is 38.5 Å². The summed E-state index contributed by atoms with van der Waals surface area (Å²) in [6, 6.07) is -3.15. The van der Waals surface area contributed by atoms with Crippen molar-refractivity contribution in [3.63, 3.8) is 0 Å². The second kappa shape index (κ2) is 13.0. The number of alkyl halides is 1. The normalized spacial score (nSPS) is 21.9. The summed E-state index contributed by atoms with van der Waals surface area (Å²) in [5.74, 6) is -2.15. The molecule has 1 aliphatic heterocycles. The molecule has 1 aliphatic carbocycles. The van der Waals surface area contributed by atoms with Crippen LogP contribution in [0.25, 0.3) is 0 Å². The molecule has 10 nitrogen and oxygen atoms in total. The van der Waals surface area contributed by atoms with Crippen LogP contribution < -0.4 is 21.7 Å². The number of Topliss-reactive ketones (excluding diaryl/α,β-unsaturated/α-hetero) is 1. The first-order valence-corrected chi connectivity index (χ1v) is 15.1. The Kier molecular flexibility index (Phi) is 11.0. The molecule has 2 unspecified atom stereocenters. The van der Waals surface area contributed by atoms with Crippen molar-refractivity contribution in [3.8, 4) is 0 Å². The summed E-state index contributed by atoms with van der Waals surface area (Å²) in [6.07, 6.45) is 3.73. The number of hydrogen-bond acceptors (Lipinski definition) is 5. The molecule has 2 rings (SSSR count). The largest absolute Gasteiger partial charge is 0.363 e. The predicted molar refractivity (Wildman–Crippen MR) is 154 cm³/mol. The quantitative estimate of drug-likeness (QED) is 0.155. The maximum Gasteiger partial charge on any atom is 0.315 e. The first-order chi connectivity index (χ1) is 17.5. The third-order valence-electron chi connectivity index (χ3n) is 7.67. The zero-order chi connectivity index (χ0) is 29.0. The van der Waals surface area contributed by atoms with Gasteiger partial charge in [-0.05, 0) is 51.4 Å². The molecule has 2 aliphatic rings. The zero-order valence-corrected chi connectivity index (χ0v) is 26.0. The van der Waals surface area contributed by atoms with Crippen molar-refractivity contribution in [2.45, 2.75) is 104 Å². The predicted octanol–water partition coefficient (Wildman–Crippen LogP) is 2.52. The number of urea groups is 1. The Morgan fingerprint density at radius 3 is 2.08 bits per heavy atom. The SMILES string of the molecule is CC(C)[C@@H]1CC(C(=O)NC(CC2CCC2)C(=O)C(N)=O)N(C(=O)[C@@H](NC(=O)NC(C)(C)C)C(C)(C)CI)C1. The van der Waals surface area contributed by atoms with Crippen molar-refractivity contribution in [1.29, 1.82) is 0 Å². The second-order valence-electron chi connectivity index (χ2n) is 13.0. The first kappa shape index (κ1) is 32.3. The molecule has 0 bridgehead atoms. The summed E-state index contributed by atoms with van der Waals surface area (Å²) in [6.45, 7) is 13.8. The van der Waals surface area contributed by atoms with Gasteiger partial charge in [0.25, 0.3) is 5.91 Å². The number of ketones is 1. The Morgan fingerprint density at radius 1 is 1.03 bits per heavy atom. The number of likely N-dealkylation sites (tertiary alicyclic amines) is 1. The van der Waals surface area contributed by atoms with E-state index in [1.54, 1.807) is 4.90 Å². The Labute approximate surface area is 240 Å². The van der Waals surface area contributed by atoms with E-state index in [1.807, 2.05) is 48.5 Å². The highest BCUT2D eigenvalue weighted by molar-refractivity contribution is 14.1. The highest BCUT2D eigenvalue weighted by Crippen LogP contribution is 2.34. The van der Waals surface area contributed by atoms with Crippen molar-refractivity contribution in [3.05, 3.63) is 0 Å². The molecule has 0 aromatic heterocycles. The first-order valence-electron chi connectivity index (χ1n) is 13.6. The molecule has 1 heterocycles. The van der Waals surface area contributed by atoms with Gasteiger partial charge in [-0.15, -0.1) is 0 Å². The number of halogens is 1. The van der Waals surface area contributed by atoms with E-state index in [-0.39, 0.29) is 23.7 Å². The van der Waals surface area contributed by atoms with Crippen LogP contribution in [0.3, 0.4) is 0 Å². The summed E-state index contributed by atoms with van der Waals surface area (Å²) in [4.78, 5) is 66.2. The third kappa shape index (κ3) is 8.54. The minimum atomic E-state index is -1.08. The fraction of sp³-hybridized carbons (Fsp3) is 0.815. The van der Waals surface area contributed by atoms with E-state index >= 15 is 0 Å². The van der Waals surface area contributed by atoms with E-state index < -0.39 is 52.7 Å². The zero-order valence-electron chi connectivity index (χ0n) is 23.9. The van der Waals surface area contributed by atoms with Gasteiger partial charge in [0, 0.05) is 21.9 Å². The molecular formula is C27H46IN5O5. The summed E-state index contributed by atoms with van der Waals surface area (Å²) < 4.78 is 0.589. The highest BCUT2D eigenvalue weighted by atomic mass is 127. The van der Waals surface area contributed by atoms with E-state index in [0.29, 0.717) is 23.8 Å². The molecule has 1 saturated heterocycles. The standard InChI is InChI=1S/C27H46IN5O5/c1-15(2)17-12-19(23(36)30-18(20(34)22(29)35)11-16-9-8-10-16)33(13-17)24(37)21(27(6,7)14-28)31-25(38)32-26(3,4)5/h15-19,21H,8-14H2,1-7H3,(H2,29,35)(H,30,36)(H2,31,32,38)/t17-,18?,19?,21-/m1/s1. The molecule has 216 valence electrons. The summed E-state index contributed by atoms with van der Waals surface area (Å²) in [5, 5.41) is 8.48. The van der Waals surface area contributed by atoms with Gasteiger partial charge >= 0.3 is 6.03 Å². The highest BCUT2D eigenvalue weighted by Gasteiger charge is 2.47. The number of nitrogens with zero attached hydrogens (tertiary/aromatic N) is 1. The molecule has 0 spiro atoms. The Hall–Kier alpha value is -1.92. The molecule has 38 heavy (non-hydrogen) atoms. The lowest BCUT2D eigenvalue weighted by atomic mass is 9.80. The summed E-state index contributed by atoms with van der Waals surface area (Å²) in [5.41, 5.74) is 4.19. The number of nitrogens with two attached hydrogens (primary N) is 1. The van der Waals surface area contributed by atoms with Crippen molar-refractivity contribution in [1.82, 2.24) is 20.9 Å². The third-order valence-corrected chi connectivity index (χ3v) is 9.63. The molecule has 4 atom stereocenters. The number of carbonyl (C=O) groups excluding carboxylic acids is 5. The number of rotatable bonds is 11. The van der Waals surface area contributed by atoms with Gasteiger partial charge in [0.05, 0.1) is 6.04 Å². The van der Waals surface area contributed by atoms with Gasteiger partial charge in [0.1, 0.15) is 12.1 Å². The van der Waals surface area contributed by atoms with Crippen LogP contribution in [0.5, 0.6) is 0 Å². The van der Waals surface area contributed by atoms with Gasteiger partial charge in [-0.25, -0.2) is 4.79 Å². The molecule has 2 fully saturated rings. The van der Waals surface area contributed by atoms with Gasteiger partial charge < -0.3 is 26.6 Å². The Morgan fingerprint density at radius 2 is 1.63 bits per heavy atom. The van der Waals surface area contributed by atoms with Crippen LogP contribution in [-0.4, -0.2) is 69.1 Å². The summed E-state index contributed by atoms with van der Waals surface area (Å²) >= 11 is 2.20. The number of carbonyl (C=O) groups is 5. The fourth-order valence-electron chi connectivity index (χ4n) is 4.92. The smallest absolute Gasteiger partial charge is 0.315 e. The average molecular weight is 648 g/mol. The number of amides is 5. The lowest BCUT2D eigenvalue weighted by molar-refractivity contribution is -0.143. The number of nitrogens with one attached hydrogen (secondary N) is 3. The fourth-order valence-corrected chi connectivity index (χ4v) is 5.36. The van der Waals surface area contributed by atoms with Crippen LogP contribution in [0, 0.1) is 23.2 Å².